The van der Waals surface area contributed by atoms with Crippen molar-refractivity contribution in [1.29, 1.82) is 0 Å². The highest BCUT2D eigenvalue weighted by Crippen LogP contribution is 2.53. The second-order valence-corrected chi connectivity index (χ2v) is 11.4. The molecule has 0 saturated carbocycles. The molecule has 194 valence electrons. The maximum absolute atomic E-state index is 5.04. The zero-order chi connectivity index (χ0) is 27.4. The molecule has 6 aromatic rings. The lowest BCUT2D eigenvalue weighted by molar-refractivity contribution is 0.660. The maximum Gasteiger partial charge on any atom is 0.0712 e. The third kappa shape index (κ3) is 3.83. The molecule has 7 rings (SSSR count). The van der Waals surface area contributed by atoms with Crippen molar-refractivity contribution >= 4 is 28.0 Å². The summed E-state index contributed by atoms with van der Waals surface area (Å²) in [6.45, 7) is 9.17. The maximum atomic E-state index is 5.04. The van der Waals surface area contributed by atoms with Gasteiger partial charge in [-0.2, -0.15) is 0 Å². The van der Waals surface area contributed by atoms with E-state index in [-0.39, 0.29) is 5.41 Å². The van der Waals surface area contributed by atoms with Crippen LogP contribution in [0.4, 0.5) is 17.1 Å². The summed E-state index contributed by atoms with van der Waals surface area (Å²) < 4.78 is 0. The summed E-state index contributed by atoms with van der Waals surface area (Å²) in [5, 5.41) is 1.17. The largest absolute Gasteiger partial charge is 0.310 e. The first-order chi connectivity index (χ1) is 19.4. The standard InChI is InChI=1S/C38H32N2/c1-25-21-31-32-22-26(2)37(40(28-14-7-5-8-15-28)29-16-9-6-10-17-29)24-34(32)38(3,4)33(31)23-30(25)36-20-19-27-13-11-12-18-35(27)39-36/h5-24H,1-4H3. The van der Waals surface area contributed by atoms with Gasteiger partial charge in [-0.3, -0.25) is 0 Å². The predicted molar refractivity (Wildman–Crippen MR) is 169 cm³/mol. The van der Waals surface area contributed by atoms with Gasteiger partial charge in [-0.05, 0) is 102 Å². The zero-order valence-electron chi connectivity index (χ0n) is 23.4. The Balaban J connectivity index is 1.39. The lowest BCUT2D eigenvalue weighted by Crippen LogP contribution is -2.17. The average molecular weight is 517 g/mol. The molecule has 0 unspecified atom stereocenters. The predicted octanol–water partition coefficient (Wildman–Crippen LogP) is 10.3. The Bertz CT molecular complexity index is 1850. The summed E-state index contributed by atoms with van der Waals surface area (Å²) in [7, 11) is 0. The number of hydrogen-bond acceptors (Lipinski definition) is 2. The third-order valence-corrected chi connectivity index (χ3v) is 8.48. The monoisotopic (exact) mass is 516 g/mol. The Morgan fingerprint density at radius 2 is 1.12 bits per heavy atom. The highest BCUT2D eigenvalue weighted by atomic mass is 15.1. The minimum absolute atomic E-state index is 0.147. The number of aryl methyl sites for hydroxylation is 2. The lowest BCUT2D eigenvalue weighted by atomic mass is 9.81. The van der Waals surface area contributed by atoms with Crippen LogP contribution >= 0.6 is 0 Å². The van der Waals surface area contributed by atoms with E-state index in [0.717, 1.165) is 22.6 Å². The van der Waals surface area contributed by atoms with E-state index < -0.39 is 0 Å². The van der Waals surface area contributed by atoms with Crippen molar-refractivity contribution in [3.63, 3.8) is 0 Å². The van der Waals surface area contributed by atoms with E-state index in [0.29, 0.717) is 0 Å². The summed E-state index contributed by atoms with van der Waals surface area (Å²) in [5.74, 6) is 0. The van der Waals surface area contributed by atoms with E-state index in [2.05, 4.69) is 154 Å². The molecule has 0 radical (unpaired) electrons. The molecule has 5 aromatic carbocycles. The Hall–Kier alpha value is -4.69. The minimum atomic E-state index is -0.147. The number of anilines is 3. The number of fused-ring (bicyclic) bond motifs is 4. The molecule has 0 aliphatic heterocycles. The Morgan fingerprint density at radius 1 is 0.550 bits per heavy atom. The van der Waals surface area contributed by atoms with Crippen molar-refractivity contribution in [1.82, 2.24) is 4.98 Å². The van der Waals surface area contributed by atoms with Crippen LogP contribution in [0.15, 0.2) is 121 Å². The molecule has 0 saturated heterocycles. The molecule has 0 atom stereocenters. The van der Waals surface area contributed by atoms with Crippen LogP contribution in [-0.2, 0) is 5.41 Å². The Labute approximate surface area is 236 Å². The molecule has 0 bridgehead atoms. The summed E-state index contributed by atoms with van der Waals surface area (Å²) in [4.78, 5) is 7.42. The summed E-state index contributed by atoms with van der Waals surface area (Å²) in [6.07, 6.45) is 0. The van der Waals surface area contributed by atoms with Gasteiger partial charge in [0, 0.05) is 33.4 Å². The number of hydrogen-bond donors (Lipinski definition) is 0. The fourth-order valence-electron chi connectivity index (χ4n) is 6.34. The average Bonchev–Trinajstić information content (AvgIpc) is 3.18. The molecule has 1 heterocycles. The van der Waals surface area contributed by atoms with E-state index in [4.69, 9.17) is 4.98 Å². The second kappa shape index (κ2) is 9.20. The van der Waals surface area contributed by atoms with Gasteiger partial charge in [0.1, 0.15) is 0 Å². The number of pyridine rings is 1. The van der Waals surface area contributed by atoms with Crippen molar-refractivity contribution in [3.05, 3.63) is 144 Å². The molecule has 1 aliphatic carbocycles. The molecular formula is C38H32N2. The van der Waals surface area contributed by atoms with Crippen LogP contribution in [0.1, 0.15) is 36.1 Å². The van der Waals surface area contributed by atoms with Gasteiger partial charge in [-0.1, -0.05) is 80.6 Å². The molecule has 1 aliphatic rings. The first-order valence-electron chi connectivity index (χ1n) is 14.0. The summed E-state index contributed by atoms with van der Waals surface area (Å²) in [6, 6.07) is 43.6. The fourth-order valence-corrected chi connectivity index (χ4v) is 6.34. The van der Waals surface area contributed by atoms with Crippen LogP contribution < -0.4 is 4.90 Å². The summed E-state index contributed by atoms with van der Waals surface area (Å²) >= 11 is 0. The van der Waals surface area contributed by atoms with E-state index in [1.54, 1.807) is 0 Å². The smallest absolute Gasteiger partial charge is 0.0712 e. The quantitative estimate of drug-likeness (QED) is 0.232. The van der Waals surface area contributed by atoms with E-state index in [1.165, 1.54) is 50.0 Å². The number of aromatic nitrogens is 1. The zero-order valence-corrected chi connectivity index (χ0v) is 23.4. The Morgan fingerprint density at radius 3 is 1.80 bits per heavy atom. The van der Waals surface area contributed by atoms with Crippen LogP contribution in [0.5, 0.6) is 0 Å². The van der Waals surface area contributed by atoms with Gasteiger partial charge >= 0.3 is 0 Å². The normalized spacial score (nSPS) is 13.2. The van der Waals surface area contributed by atoms with Crippen molar-refractivity contribution < 1.29 is 0 Å². The SMILES string of the molecule is Cc1cc2c(cc1-c1ccc3ccccc3n1)C(C)(C)c1cc(N(c3ccccc3)c3ccccc3)c(C)cc1-2. The van der Waals surface area contributed by atoms with E-state index in [9.17, 15) is 0 Å². The minimum Gasteiger partial charge on any atom is -0.310 e. The Kier molecular flexibility index (Phi) is 5.61. The first-order valence-corrected chi connectivity index (χ1v) is 14.0. The van der Waals surface area contributed by atoms with Crippen LogP contribution in [0.3, 0.4) is 0 Å². The van der Waals surface area contributed by atoms with Crippen LogP contribution in [0.25, 0.3) is 33.3 Å². The molecule has 0 fully saturated rings. The van der Waals surface area contributed by atoms with Gasteiger partial charge < -0.3 is 4.90 Å². The van der Waals surface area contributed by atoms with Gasteiger partial charge in [0.2, 0.25) is 0 Å². The summed E-state index contributed by atoms with van der Waals surface area (Å²) in [5.41, 5.74) is 14.6. The fraction of sp³-hybridized carbons (Fsp3) is 0.132. The van der Waals surface area contributed by atoms with Crippen molar-refractivity contribution in [3.8, 4) is 22.4 Å². The van der Waals surface area contributed by atoms with E-state index >= 15 is 0 Å². The lowest BCUT2D eigenvalue weighted by Gasteiger charge is -2.29. The van der Waals surface area contributed by atoms with Gasteiger partial charge in [0.15, 0.2) is 0 Å². The van der Waals surface area contributed by atoms with Crippen LogP contribution in [0.2, 0.25) is 0 Å². The number of rotatable bonds is 4. The third-order valence-electron chi connectivity index (χ3n) is 8.48. The molecular weight excluding hydrogens is 484 g/mol. The van der Waals surface area contributed by atoms with Gasteiger partial charge in [0.25, 0.3) is 0 Å². The number of benzene rings is 5. The van der Waals surface area contributed by atoms with Crippen molar-refractivity contribution in [2.45, 2.75) is 33.1 Å². The van der Waals surface area contributed by atoms with Crippen LogP contribution in [0, 0.1) is 13.8 Å². The van der Waals surface area contributed by atoms with Crippen molar-refractivity contribution in [2.24, 2.45) is 0 Å². The topological polar surface area (TPSA) is 16.1 Å². The number of para-hydroxylation sites is 3. The molecule has 0 amide bonds. The highest BCUT2D eigenvalue weighted by molar-refractivity contribution is 5.90. The first kappa shape index (κ1) is 24.4. The molecule has 2 nitrogen and oxygen atoms in total. The molecule has 0 N–H and O–H groups in total. The van der Waals surface area contributed by atoms with Gasteiger partial charge in [-0.25, -0.2) is 4.98 Å². The van der Waals surface area contributed by atoms with Crippen LogP contribution in [-0.4, -0.2) is 4.98 Å². The molecule has 40 heavy (non-hydrogen) atoms. The number of nitrogens with zero attached hydrogens (tertiary/aromatic N) is 2. The molecule has 2 heteroatoms. The highest BCUT2D eigenvalue weighted by Gasteiger charge is 2.37. The molecule has 0 spiro atoms. The van der Waals surface area contributed by atoms with Gasteiger partial charge in [-0.15, -0.1) is 0 Å². The van der Waals surface area contributed by atoms with E-state index in [1.807, 2.05) is 0 Å². The van der Waals surface area contributed by atoms with Crippen molar-refractivity contribution in [2.75, 3.05) is 4.90 Å². The molecule has 1 aromatic heterocycles. The second-order valence-electron chi connectivity index (χ2n) is 11.4. The van der Waals surface area contributed by atoms with Gasteiger partial charge in [0.05, 0.1) is 11.2 Å².